The molecule has 3 aromatic carbocycles. The Balaban J connectivity index is 1.56. The van der Waals surface area contributed by atoms with Crippen molar-refractivity contribution in [1.29, 1.82) is 0 Å². The third-order valence-electron chi connectivity index (χ3n) is 4.69. The topological polar surface area (TPSA) is 32.3 Å². The summed E-state index contributed by atoms with van der Waals surface area (Å²) in [6, 6.07) is 23.5. The van der Waals surface area contributed by atoms with E-state index in [4.69, 9.17) is 11.6 Å². The third kappa shape index (κ3) is 6.02. The molecule has 29 heavy (non-hydrogen) atoms. The van der Waals surface area contributed by atoms with Gasteiger partial charge in [-0.05, 0) is 80.1 Å². The van der Waals surface area contributed by atoms with Gasteiger partial charge in [0.2, 0.25) is 0 Å². The first kappa shape index (κ1) is 21.3. The van der Waals surface area contributed by atoms with Crippen LogP contribution in [0.2, 0.25) is 5.02 Å². The lowest BCUT2D eigenvalue weighted by atomic mass is 10.1. The van der Waals surface area contributed by atoms with Crippen molar-refractivity contribution in [2.45, 2.75) is 24.5 Å². The second-order valence-corrected chi connectivity index (χ2v) is 8.10. The molecule has 1 amide bonds. The van der Waals surface area contributed by atoms with Gasteiger partial charge in [0.25, 0.3) is 5.91 Å². The molecule has 0 aliphatic carbocycles. The number of hydrogen-bond acceptors (Lipinski definition) is 3. The van der Waals surface area contributed by atoms with E-state index in [1.165, 1.54) is 10.5 Å². The molecule has 0 heterocycles. The average molecular weight is 425 g/mol. The number of nitrogens with one attached hydrogen (secondary N) is 1. The van der Waals surface area contributed by atoms with Crippen LogP contribution >= 0.6 is 23.4 Å². The number of amides is 1. The molecular weight excluding hydrogens is 400 g/mol. The lowest BCUT2D eigenvalue weighted by Crippen LogP contribution is -2.21. The second-order valence-electron chi connectivity index (χ2n) is 6.61. The fraction of sp³-hybridized carbons (Fsp3) is 0.208. The fourth-order valence-corrected chi connectivity index (χ4v) is 3.98. The van der Waals surface area contributed by atoms with Crippen molar-refractivity contribution in [3.05, 3.63) is 88.9 Å². The Hall–Kier alpha value is -2.43. The molecule has 5 heteroatoms. The van der Waals surface area contributed by atoms with Gasteiger partial charge in [0, 0.05) is 45.7 Å². The van der Waals surface area contributed by atoms with E-state index in [0.29, 0.717) is 5.56 Å². The van der Waals surface area contributed by atoms with Gasteiger partial charge in [-0.25, -0.2) is 0 Å². The van der Waals surface area contributed by atoms with Crippen LogP contribution in [0.25, 0.3) is 0 Å². The molecule has 0 bridgehead atoms. The van der Waals surface area contributed by atoms with Crippen LogP contribution in [0.5, 0.6) is 0 Å². The number of anilines is 2. The van der Waals surface area contributed by atoms with Gasteiger partial charge in [0.05, 0.1) is 0 Å². The summed E-state index contributed by atoms with van der Waals surface area (Å²) in [6.07, 6.45) is 0. The van der Waals surface area contributed by atoms with E-state index < -0.39 is 0 Å². The smallest absolute Gasteiger partial charge is 0.255 e. The molecule has 0 atom stereocenters. The summed E-state index contributed by atoms with van der Waals surface area (Å²) in [7, 11) is 0. The van der Waals surface area contributed by atoms with Crippen LogP contribution in [0.3, 0.4) is 0 Å². The van der Waals surface area contributed by atoms with Gasteiger partial charge in [0.15, 0.2) is 0 Å². The van der Waals surface area contributed by atoms with Crippen LogP contribution in [0.15, 0.2) is 77.7 Å². The van der Waals surface area contributed by atoms with Crippen molar-refractivity contribution in [2.75, 3.05) is 23.3 Å². The van der Waals surface area contributed by atoms with Crippen LogP contribution in [0, 0.1) is 0 Å². The zero-order valence-electron chi connectivity index (χ0n) is 16.7. The predicted molar refractivity (Wildman–Crippen MR) is 125 cm³/mol. The standard InChI is InChI=1S/C24H25ClN2OS/c1-3-27(4-2)22-13-11-21(12-14-22)26-24(28)19-7-5-18(6-8-19)17-29-23-15-9-20(25)10-16-23/h5-16H,3-4,17H2,1-2H3,(H,26,28). The number of carbonyl (C=O) groups is 1. The van der Waals surface area contributed by atoms with E-state index in [1.54, 1.807) is 11.8 Å². The van der Waals surface area contributed by atoms with Gasteiger partial charge in [-0.15, -0.1) is 11.8 Å². The molecule has 3 nitrogen and oxygen atoms in total. The van der Waals surface area contributed by atoms with Gasteiger partial charge in [-0.1, -0.05) is 23.7 Å². The Morgan fingerprint density at radius 1 is 0.897 bits per heavy atom. The number of rotatable bonds is 8. The summed E-state index contributed by atoms with van der Waals surface area (Å²) in [4.78, 5) is 16.0. The Morgan fingerprint density at radius 2 is 1.52 bits per heavy atom. The zero-order chi connectivity index (χ0) is 20.6. The Bertz CT molecular complexity index is 921. The number of benzene rings is 3. The SMILES string of the molecule is CCN(CC)c1ccc(NC(=O)c2ccc(CSc3ccc(Cl)cc3)cc2)cc1. The highest BCUT2D eigenvalue weighted by Gasteiger charge is 2.07. The molecule has 0 radical (unpaired) electrons. The van der Waals surface area contributed by atoms with Gasteiger partial charge in [-0.2, -0.15) is 0 Å². The van der Waals surface area contributed by atoms with Crippen molar-refractivity contribution in [1.82, 2.24) is 0 Å². The van der Waals surface area contributed by atoms with Gasteiger partial charge < -0.3 is 10.2 Å². The van der Waals surface area contributed by atoms with E-state index in [-0.39, 0.29) is 5.91 Å². The van der Waals surface area contributed by atoms with E-state index in [9.17, 15) is 4.79 Å². The molecule has 0 unspecified atom stereocenters. The van der Waals surface area contributed by atoms with Crippen molar-refractivity contribution < 1.29 is 4.79 Å². The summed E-state index contributed by atoms with van der Waals surface area (Å²) in [6.45, 7) is 6.20. The number of thioether (sulfide) groups is 1. The summed E-state index contributed by atoms with van der Waals surface area (Å²) in [5.74, 6) is 0.744. The summed E-state index contributed by atoms with van der Waals surface area (Å²) in [5, 5.41) is 3.71. The Kier molecular flexibility index (Phi) is 7.62. The van der Waals surface area contributed by atoms with E-state index >= 15 is 0 Å². The van der Waals surface area contributed by atoms with Crippen LogP contribution in [-0.2, 0) is 5.75 Å². The number of halogens is 1. The summed E-state index contributed by atoms with van der Waals surface area (Å²) < 4.78 is 0. The molecule has 0 aromatic heterocycles. The van der Waals surface area contributed by atoms with Gasteiger partial charge >= 0.3 is 0 Å². The Morgan fingerprint density at radius 3 is 2.10 bits per heavy atom. The van der Waals surface area contributed by atoms with Crippen molar-refractivity contribution in [2.24, 2.45) is 0 Å². The maximum atomic E-state index is 12.5. The van der Waals surface area contributed by atoms with E-state index in [1.807, 2.05) is 72.8 Å². The maximum Gasteiger partial charge on any atom is 0.255 e. The minimum atomic E-state index is -0.0995. The molecule has 150 valence electrons. The molecule has 1 N–H and O–H groups in total. The summed E-state index contributed by atoms with van der Waals surface area (Å²) >= 11 is 7.66. The molecule has 0 aliphatic heterocycles. The second kappa shape index (κ2) is 10.4. The minimum absolute atomic E-state index is 0.0995. The lowest BCUT2D eigenvalue weighted by Gasteiger charge is -2.21. The summed E-state index contributed by atoms with van der Waals surface area (Å²) in [5.41, 5.74) is 3.78. The molecule has 0 spiro atoms. The van der Waals surface area contributed by atoms with E-state index in [2.05, 4.69) is 24.1 Å². The quantitative estimate of drug-likeness (QED) is 0.407. The number of nitrogens with zero attached hydrogens (tertiary/aromatic N) is 1. The van der Waals surface area contributed by atoms with Crippen molar-refractivity contribution in [3.8, 4) is 0 Å². The normalized spacial score (nSPS) is 10.6. The molecular formula is C24H25ClN2OS. The highest BCUT2D eigenvalue weighted by Crippen LogP contribution is 2.24. The predicted octanol–water partition coefficient (Wildman–Crippen LogP) is 6.73. The fourth-order valence-electron chi connectivity index (χ4n) is 3.00. The first-order chi connectivity index (χ1) is 14.1. The van der Waals surface area contributed by atoms with Gasteiger partial charge in [-0.3, -0.25) is 4.79 Å². The number of hydrogen-bond donors (Lipinski definition) is 1. The molecule has 0 saturated heterocycles. The number of carbonyl (C=O) groups excluding carboxylic acids is 1. The molecule has 3 rings (SSSR count). The largest absolute Gasteiger partial charge is 0.372 e. The van der Waals surface area contributed by atoms with Crippen molar-refractivity contribution in [3.63, 3.8) is 0 Å². The Labute approximate surface area is 182 Å². The van der Waals surface area contributed by atoms with Crippen LogP contribution < -0.4 is 10.2 Å². The molecule has 0 saturated carbocycles. The molecule has 0 fully saturated rings. The third-order valence-corrected chi connectivity index (χ3v) is 6.02. The van der Waals surface area contributed by atoms with Crippen LogP contribution in [0.1, 0.15) is 29.8 Å². The van der Waals surface area contributed by atoms with Gasteiger partial charge in [0.1, 0.15) is 0 Å². The highest BCUT2D eigenvalue weighted by molar-refractivity contribution is 7.98. The zero-order valence-corrected chi connectivity index (χ0v) is 18.3. The highest BCUT2D eigenvalue weighted by atomic mass is 35.5. The molecule has 3 aromatic rings. The average Bonchev–Trinajstić information content (AvgIpc) is 2.76. The van der Waals surface area contributed by atoms with E-state index in [0.717, 1.165) is 35.2 Å². The monoisotopic (exact) mass is 424 g/mol. The maximum absolute atomic E-state index is 12.5. The van der Waals surface area contributed by atoms with Crippen LogP contribution in [-0.4, -0.2) is 19.0 Å². The molecule has 0 aliphatic rings. The van der Waals surface area contributed by atoms with Crippen molar-refractivity contribution >= 4 is 40.6 Å². The van der Waals surface area contributed by atoms with Crippen LogP contribution in [0.4, 0.5) is 11.4 Å². The first-order valence-corrected chi connectivity index (χ1v) is 11.1. The minimum Gasteiger partial charge on any atom is -0.372 e. The lowest BCUT2D eigenvalue weighted by molar-refractivity contribution is 0.102. The first-order valence-electron chi connectivity index (χ1n) is 9.72.